The van der Waals surface area contributed by atoms with Crippen LogP contribution < -0.4 is 14.8 Å². The number of hydrogen-bond acceptors (Lipinski definition) is 5. The molecule has 0 saturated carbocycles. The van der Waals surface area contributed by atoms with Crippen LogP contribution in [0.15, 0.2) is 48.5 Å². The maximum Gasteiger partial charge on any atom is 0.331 e. The van der Waals surface area contributed by atoms with E-state index in [9.17, 15) is 14.0 Å². The number of anilines is 1. The normalized spacial score (nSPS) is 10.6. The number of carbonyl (C=O) groups excluding carboxylic acids is 2. The zero-order valence-corrected chi connectivity index (χ0v) is 16.4. The molecule has 0 fully saturated rings. The lowest BCUT2D eigenvalue weighted by Gasteiger charge is -2.12. The Kier molecular flexibility index (Phi) is 8.69. The van der Waals surface area contributed by atoms with E-state index in [0.29, 0.717) is 24.7 Å². The highest BCUT2D eigenvalue weighted by atomic mass is 19.1. The molecule has 2 aromatic rings. The van der Waals surface area contributed by atoms with Gasteiger partial charge in [0.2, 0.25) is 0 Å². The van der Waals surface area contributed by atoms with Gasteiger partial charge in [-0.1, -0.05) is 19.1 Å². The second-order valence-electron chi connectivity index (χ2n) is 5.99. The summed E-state index contributed by atoms with van der Waals surface area (Å²) in [5.41, 5.74) is 1.01. The van der Waals surface area contributed by atoms with Crippen molar-refractivity contribution in [2.45, 2.75) is 20.3 Å². The molecule has 0 radical (unpaired) electrons. The van der Waals surface area contributed by atoms with E-state index < -0.39 is 24.3 Å². The van der Waals surface area contributed by atoms with Crippen LogP contribution in [0.3, 0.4) is 0 Å². The van der Waals surface area contributed by atoms with Crippen LogP contribution in [0.25, 0.3) is 6.08 Å². The third-order valence-electron chi connectivity index (χ3n) is 3.60. The molecule has 0 aromatic heterocycles. The van der Waals surface area contributed by atoms with Gasteiger partial charge in [0.25, 0.3) is 5.91 Å². The van der Waals surface area contributed by atoms with Crippen molar-refractivity contribution in [1.29, 1.82) is 0 Å². The summed E-state index contributed by atoms with van der Waals surface area (Å²) in [5, 5.41) is 2.45. The van der Waals surface area contributed by atoms with Crippen molar-refractivity contribution >= 4 is 23.6 Å². The molecule has 0 saturated heterocycles. The molecule has 0 heterocycles. The Bertz CT molecular complexity index is 866. The largest absolute Gasteiger partial charge is 0.490 e. The third kappa shape index (κ3) is 7.65. The van der Waals surface area contributed by atoms with Gasteiger partial charge in [-0.15, -0.1) is 0 Å². The first-order valence-corrected chi connectivity index (χ1v) is 9.31. The SMILES string of the molecule is CCCOc1ccc(/C=C/C(=O)OCC(=O)Nc2cccc(F)c2)cc1OCC. The van der Waals surface area contributed by atoms with Crippen LogP contribution in [0.2, 0.25) is 0 Å². The number of halogens is 1. The van der Waals surface area contributed by atoms with Gasteiger partial charge in [-0.25, -0.2) is 9.18 Å². The fourth-order valence-corrected chi connectivity index (χ4v) is 2.34. The maximum absolute atomic E-state index is 13.1. The molecule has 154 valence electrons. The summed E-state index contributed by atoms with van der Waals surface area (Å²) in [4.78, 5) is 23.6. The summed E-state index contributed by atoms with van der Waals surface area (Å²) < 4.78 is 29.2. The Labute approximate surface area is 169 Å². The highest BCUT2D eigenvalue weighted by molar-refractivity contribution is 5.94. The molecular weight excluding hydrogens is 377 g/mol. The molecule has 2 rings (SSSR count). The fourth-order valence-electron chi connectivity index (χ4n) is 2.34. The van der Waals surface area contributed by atoms with Crippen LogP contribution in [0, 0.1) is 5.82 Å². The molecule has 0 aliphatic heterocycles. The van der Waals surface area contributed by atoms with E-state index in [1.807, 2.05) is 13.8 Å². The van der Waals surface area contributed by atoms with E-state index in [1.165, 1.54) is 30.3 Å². The van der Waals surface area contributed by atoms with Crippen LogP contribution in [0.1, 0.15) is 25.8 Å². The van der Waals surface area contributed by atoms with Crippen molar-refractivity contribution in [3.05, 3.63) is 59.9 Å². The number of hydrogen-bond donors (Lipinski definition) is 1. The molecular formula is C22H24FNO5. The predicted molar refractivity (Wildman–Crippen MR) is 108 cm³/mol. The molecule has 2 aromatic carbocycles. The number of benzene rings is 2. The van der Waals surface area contributed by atoms with Gasteiger partial charge in [-0.2, -0.15) is 0 Å². The summed E-state index contributed by atoms with van der Waals surface area (Å²) in [6, 6.07) is 10.8. The number of esters is 1. The Hall–Kier alpha value is -3.35. The minimum atomic E-state index is -0.677. The van der Waals surface area contributed by atoms with Crippen LogP contribution in [0.4, 0.5) is 10.1 Å². The van der Waals surface area contributed by atoms with E-state index in [0.717, 1.165) is 12.0 Å². The van der Waals surface area contributed by atoms with Crippen molar-refractivity contribution in [2.75, 3.05) is 25.1 Å². The van der Waals surface area contributed by atoms with E-state index in [4.69, 9.17) is 14.2 Å². The molecule has 0 unspecified atom stereocenters. The first-order valence-electron chi connectivity index (χ1n) is 9.31. The van der Waals surface area contributed by atoms with Crippen molar-refractivity contribution in [2.24, 2.45) is 0 Å². The summed E-state index contributed by atoms with van der Waals surface area (Å²) in [5.74, 6) is -0.481. The van der Waals surface area contributed by atoms with Gasteiger partial charge in [-0.05, 0) is 55.3 Å². The highest BCUT2D eigenvalue weighted by Crippen LogP contribution is 2.29. The molecule has 6 nitrogen and oxygen atoms in total. The van der Waals surface area contributed by atoms with Crippen molar-refractivity contribution in [3.63, 3.8) is 0 Å². The first kappa shape index (κ1) is 21.9. The van der Waals surface area contributed by atoms with E-state index in [1.54, 1.807) is 24.3 Å². The molecule has 0 atom stereocenters. The van der Waals surface area contributed by atoms with Gasteiger partial charge in [0.15, 0.2) is 18.1 Å². The van der Waals surface area contributed by atoms with Crippen LogP contribution >= 0.6 is 0 Å². The average Bonchev–Trinajstić information content (AvgIpc) is 2.70. The standard InChI is InChI=1S/C22H24FNO5/c1-3-12-28-19-10-8-16(13-20(19)27-4-2)9-11-22(26)29-15-21(25)24-18-7-5-6-17(23)14-18/h5-11,13-14H,3-4,12,15H2,1-2H3,(H,24,25)/b11-9+. The number of nitrogens with one attached hydrogen (secondary N) is 1. The number of carbonyl (C=O) groups is 2. The van der Waals surface area contributed by atoms with Crippen LogP contribution in [0.5, 0.6) is 11.5 Å². The summed E-state index contributed by atoms with van der Waals surface area (Å²) >= 11 is 0. The lowest BCUT2D eigenvalue weighted by atomic mass is 10.2. The molecule has 29 heavy (non-hydrogen) atoms. The van der Waals surface area contributed by atoms with E-state index >= 15 is 0 Å². The molecule has 0 bridgehead atoms. The Morgan fingerprint density at radius 2 is 1.90 bits per heavy atom. The van der Waals surface area contributed by atoms with Gasteiger partial charge in [0.1, 0.15) is 5.82 Å². The Morgan fingerprint density at radius 3 is 2.62 bits per heavy atom. The Morgan fingerprint density at radius 1 is 1.07 bits per heavy atom. The quantitative estimate of drug-likeness (QED) is 0.477. The minimum absolute atomic E-state index is 0.287. The van der Waals surface area contributed by atoms with Crippen molar-refractivity contribution < 1.29 is 28.2 Å². The highest BCUT2D eigenvalue weighted by Gasteiger charge is 2.08. The van der Waals surface area contributed by atoms with Crippen LogP contribution in [-0.2, 0) is 14.3 Å². The molecule has 0 aliphatic carbocycles. The van der Waals surface area contributed by atoms with E-state index in [-0.39, 0.29) is 5.69 Å². The zero-order valence-electron chi connectivity index (χ0n) is 16.4. The van der Waals surface area contributed by atoms with Gasteiger partial charge in [0, 0.05) is 11.8 Å². The average molecular weight is 401 g/mol. The van der Waals surface area contributed by atoms with Gasteiger partial charge < -0.3 is 19.5 Å². The second kappa shape index (κ2) is 11.5. The van der Waals surface area contributed by atoms with Gasteiger partial charge in [-0.3, -0.25) is 4.79 Å². The zero-order chi connectivity index (χ0) is 21.1. The summed E-state index contributed by atoms with van der Waals surface area (Å²) in [6.07, 6.45) is 3.65. The number of amides is 1. The lowest BCUT2D eigenvalue weighted by molar-refractivity contribution is -0.142. The fraction of sp³-hybridized carbons (Fsp3) is 0.273. The maximum atomic E-state index is 13.1. The van der Waals surface area contributed by atoms with Crippen LogP contribution in [-0.4, -0.2) is 31.7 Å². The lowest BCUT2D eigenvalue weighted by Crippen LogP contribution is -2.20. The molecule has 7 heteroatoms. The monoisotopic (exact) mass is 401 g/mol. The number of rotatable bonds is 10. The molecule has 1 N–H and O–H groups in total. The summed E-state index contributed by atoms with van der Waals surface area (Å²) in [6.45, 7) is 4.48. The van der Waals surface area contributed by atoms with Crippen molar-refractivity contribution in [3.8, 4) is 11.5 Å². The van der Waals surface area contributed by atoms with Crippen molar-refractivity contribution in [1.82, 2.24) is 0 Å². The van der Waals surface area contributed by atoms with Gasteiger partial charge >= 0.3 is 5.97 Å². The smallest absolute Gasteiger partial charge is 0.331 e. The van der Waals surface area contributed by atoms with E-state index in [2.05, 4.69) is 5.32 Å². The predicted octanol–water partition coefficient (Wildman–Crippen LogP) is 4.21. The van der Waals surface area contributed by atoms with Gasteiger partial charge in [0.05, 0.1) is 13.2 Å². The first-order chi connectivity index (χ1) is 14.0. The second-order valence-corrected chi connectivity index (χ2v) is 5.99. The Balaban J connectivity index is 1.89. The topological polar surface area (TPSA) is 73.9 Å². The number of ether oxygens (including phenoxy) is 3. The molecule has 0 aliphatic rings. The third-order valence-corrected chi connectivity index (χ3v) is 3.60. The minimum Gasteiger partial charge on any atom is -0.490 e. The molecule has 0 spiro atoms. The summed E-state index contributed by atoms with van der Waals surface area (Å²) in [7, 11) is 0. The molecule has 1 amide bonds.